The SMILES string of the molecule is Cc1ccc2c3ccccc3n3c4c(C(C)C)oc5nc[n+](C)c(c1c23)c54. The first kappa shape index (κ1) is 15.0. The van der Waals surface area contributed by atoms with Crippen molar-refractivity contribution in [2.45, 2.75) is 26.7 Å². The molecule has 27 heavy (non-hydrogen) atoms. The van der Waals surface area contributed by atoms with E-state index in [1.165, 1.54) is 38.3 Å². The van der Waals surface area contributed by atoms with Gasteiger partial charge in [-0.05, 0) is 23.5 Å². The van der Waals surface area contributed by atoms with Gasteiger partial charge >= 0.3 is 5.71 Å². The van der Waals surface area contributed by atoms with Gasteiger partial charge in [-0.1, -0.05) is 44.2 Å². The number of aromatic nitrogens is 3. The fraction of sp³-hybridized carbons (Fsp3) is 0.217. The van der Waals surface area contributed by atoms with Crippen molar-refractivity contribution in [2.75, 3.05) is 0 Å². The maximum absolute atomic E-state index is 6.30. The molecule has 0 saturated carbocycles. The maximum Gasteiger partial charge on any atom is 0.347 e. The second kappa shape index (κ2) is 4.77. The first-order chi connectivity index (χ1) is 13.1. The summed E-state index contributed by atoms with van der Waals surface area (Å²) in [6.45, 7) is 6.56. The fourth-order valence-corrected chi connectivity index (χ4v) is 4.71. The van der Waals surface area contributed by atoms with Gasteiger partial charge in [0.15, 0.2) is 5.52 Å². The monoisotopic (exact) mass is 354 g/mol. The van der Waals surface area contributed by atoms with Crippen molar-refractivity contribution in [3.63, 3.8) is 0 Å². The van der Waals surface area contributed by atoms with E-state index in [-0.39, 0.29) is 5.92 Å². The summed E-state index contributed by atoms with van der Waals surface area (Å²) in [5.74, 6) is 1.27. The van der Waals surface area contributed by atoms with Crippen LogP contribution in [0.1, 0.15) is 31.1 Å². The van der Waals surface area contributed by atoms with Crippen molar-refractivity contribution in [1.29, 1.82) is 0 Å². The van der Waals surface area contributed by atoms with Crippen molar-refractivity contribution in [2.24, 2.45) is 7.05 Å². The van der Waals surface area contributed by atoms with E-state index in [0.29, 0.717) is 0 Å². The van der Waals surface area contributed by atoms with Gasteiger partial charge in [0.1, 0.15) is 16.7 Å². The molecule has 0 aliphatic heterocycles. The summed E-state index contributed by atoms with van der Waals surface area (Å²) in [5.41, 5.74) is 6.84. The third kappa shape index (κ3) is 1.64. The largest absolute Gasteiger partial charge is 0.422 e. The van der Waals surface area contributed by atoms with Crippen LogP contribution in [0.5, 0.6) is 0 Å². The van der Waals surface area contributed by atoms with Crippen LogP contribution in [0, 0.1) is 6.92 Å². The maximum atomic E-state index is 6.30. The minimum atomic E-state index is 0.273. The van der Waals surface area contributed by atoms with Crippen LogP contribution in [-0.4, -0.2) is 9.38 Å². The number of benzene rings is 2. The van der Waals surface area contributed by atoms with Crippen LogP contribution in [0.3, 0.4) is 0 Å². The summed E-state index contributed by atoms with van der Waals surface area (Å²) in [4.78, 5) is 4.60. The molecule has 6 aromatic rings. The normalized spacial score (nSPS) is 12.8. The number of fused-ring (bicyclic) bond motifs is 5. The van der Waals surface area contributed by atoms with Crippen LogP contribution in [-0.2, 0) is 7.05 Å². The zero-order chi connectivity index (χ0) is 18.4. The molecule has 0 unspecified atom stereocenters. The molecule has 4 nitrogen and oxygen atoms in total. The van der Waals surface area contributed by atoms with E-state index in [9.17, 15) is 0 Å². The summed E-state index contributed by atoms with van der Waals surface area (Å²) >= 11 is 0. The highest BCUT2D eigenvalue weighted by molar-refractivity contribution is 6.25. The molecule has 2 aromatic carbocycles. The van der Waals surface area contributed by atoms with Gasteiger partial charge in [0.25, 0.3) is 6.33 Å². The number of nitrogens with zero attached hydrogens (tertiary/aromatic N) is 3. The summed E-state index contributed by atoms with van der Waals surface area (Å²) < 4.78 is 10.8. The Morgan fingerprint density at radius 1 is 1.00 bits per heavy atom. The highest BCUT2D eigenvalue weighted by Gasteiger charge is 2.29. The molecule has 6 rings (SSSR count). The van der Waals surface area contributed by atoms with Crippen LogP contribution >= 0.6 is 0 Å². The molecule has 0 atom stereocenters. The Balaban J connectivity index is 2.14. The molecule has 0 aliphatic carbocycles. The van der Waals surface area contributed by atoms with E-state index in [1.54, 1.807) is 0 Å². The van der Waals surface area contributed by atoms with Crippen molar-refractivity contribution in [1.82, 2.24) is 9.38 Å². The van der Waals surface area contributed by atoms with E-state index in [4.69, 9.17) is 4.42 Å². The first-order valence-corrected chi connectivity index (χ1v) is 9.42. The van der Waals surface area contributed by atoms with Gasteiger partial charge in [-0.25, -0.2) is 4.57 Å². The topological polar surface area (TPSA) is 34.3 Å². The molecule has 0 fully saturated rings. The smallest absolute Gasteiger partial charge is 0.347 e. The van der Waals surface area contributed by atoms with Crippen LogP contribution < -0.4 is 4.57 Å². The number of hydrogen-bond donors (Lipinski definition) is 0. The van der Waals surface area contributed by atoms with Gasteiger partial charge in [0.05, 0.1) is 18.1 Å². The average molecular weight is 354 g/mol. The minimum Gasteiger partial charge on any atom is -0.422 e. The quantitative estimate of drug-likeness (QED) is 0.299. The number of hydrogen-bond acceptors (Lipinski definition) is 2. The second-order valence-electron chi connectivity index (χ2n) is 7.86. The van der Waals surface area contributed by atoms with Gasteiger partial charge in [-0.3, -0.25) is 0 Å². The molecule has 0 radical (unpaired) electrons. The number of pyridine rings is 1. The molecule has 4 aromatic heterocycles. The number of furan rings is 1. The van der Waals surface area contributed by atoms with E-state index < -0.39 is 0 Å². The number of para-hydroxylation sites is 1. The Morgan fingerprint density at radius 2 is 1.81 bits per heavy atom. The molecular formula is C23H20N3O+. The van der Waals surface area contributed by atoms with Crippen molar-refractivity contribution < 1.29 is 8.98 Å². The van der Waals surface area contributed by atoms with Crippen LogP contribution in [0.4, 0.5) is 0 Å². The Morgan fingerprint density at radius 3 is 2.63 bits per heavy atom. The minimum absolute atomic E-state index is 0.273. The van der Waals surface area contributed by atoms with E-state index in [1.807, 2.05) is 6.33 Å². The molecule has 132 valence electrons. The summed E-state index contributed by atoms with van der Waals surface area (Å²) in [6, 6.07) is 13.1. The molecular weight excluding hydrogens is 334 g/mol. The average Bonchev–Trinajstić information content (AvgIpc) is 3.20. The third-order valence-corrected chi connectivity index (χ3v) is 5.86. The predicted octanol–water partition coefficient (Wildman–Crippen LogP) is 5.23. The standard InChI is InChI=1S/C23H20N3O/c1-12(2)22-21-18-20(25(4)11-24-23(18)27-22)17-13(3)9-10-15-14-7-5-6-8-16(14)26(21)19(15)17/h5-12H,1-4H3/q+1. The lowest BCUT2D eigenvalue weighted by Gasteiger charge is -2.10. The van der Waals surface area contributed by atoms with E-state index >= 15 is 0 Å². The highest BCUT2D eigenvalue weighted by atomic mass is 16.3. The molecule has 4 heteroatoms. The number of aryl methyl sites for hydroxylation is 2. The van der Waals surface area contributed by atoms with Gasteiger partial charge in [0, 0.05) is 22.1 Å². The molecule has 0 spiro atoms. The molecule has 0 aliphatic rings. The Bertz CT molecular complexity index is 1520. The fourth-order valence-electron chi connectivity index (χ4n) is 4.71. The van der Waals surface area contributed by atoms with Crippen molar-refractivity contribution in [3.8, 4) is 0 Å². The van der Waals surface area contributed by atoms with E-state index in [2.05, 4.69) is 78.2 Å². The zero-order valence-electron chi connectivity index (χ0n) is 15.9. The van der Waals surface area contributed by atoms with Gasteiger partial charge in [-0.15, -0.1) is 0 Å². The zero-order valence-corrected chi connectivity index (χ0v) is 15.9. The van der Waals surface area contributed by atoms with Crippen LogP contribution in [0.15, 0.2) is 47.1 Å². The Kier molecular flexibility index (Phi) is 2.64. The Labute approximate surface area is 156 Å². The molecule has 4 heterocycles. The van der Waals surface area contributed by atoms with Crippen molar-refractivity contribution in [3.05, 3.63) is 54.0 Å². The van der Waals surface area contributed by atoms with Crippen molar-refractivity contribution >= 4 is 49.3 Å². The van der Waals surface area contributed by atoms with E-state index in [0.717, 1.165) is 22.4 Å². The summed E-state index contributed by atoms with van der Waals surface area (Å²) in [5, 5.41) is 4.97. The lowest BCUT2D eigenvalue weighted by molar-refractivity contribution is -0.647. The lowest BCUT2D eigenvalue weighted by atomic mass is 10.0. The molecule has 0 amide bonds. The van der Waals surface area contributed by atoms with Crippen LogP contribution in [0.25, 0.3) is 49.3 Å². The highest BCUT2D eigenvalue weighted by Crippen LogP contribution is 2.43. The molecule has 0 saturated heterocycles. The Hall–Kier alpha value is -3.14. The third-order valence-electron chi connectivity index (χ3n) is 5.86. The van der Waals surface area contributed by atoms with Crippen LogP contribution in [0.2, 0.25) is 0 Å². The molecule has 0 bridgehead atoms. The predicted molar refractivity (Wildman–Crippen MR) is 109 cm³/mol. The first-order valence-electron chi connectivity index (χ1n) is 9.42. The van der Waals surface area contributed by atoms with Gasteiger partial charge in [0.2, 0.25) is 0 Å². The van der Waals surface area contributed by atoms with Gasteiger partial charge in [-0.2, -0.15) is 0 Å². The lowest BCUT2D eigenvalue weighted by Crippen LogP contribution is -2.29. The van der Waals surface area contributed by atoms with Gasteiger partial charge < -0.3 is 8.82 Å². The summed E-state index contributed by atoms with van der Waals surface area (Å²) in [6.07, 6.45) is 1.87. The second-order valence-corrected chi connectivity index (χ2v) is 7.86. The molecule has 0 N–H and O–H groups in total. The summed E-state index contributed by atoms with van der Waals surface area (Å²) in [7, 11) is 2.07. The number of rotatable bonds is 1.